The van der Waals surface area contributed by atoms with Crippen molar-refractivity contribution in [1.29, 1.82) is 0 Å². The van der Waals surface area contributed by atoms with Gasteiger partial charge in [0.1, 0.15) is 11.9 Å². The smallest absolute Gasteiger partial charge is 0.247 e. The highest BCUT2D eigenvalue weighted by Gasteiger charge is 2.38. The second kappa shape index (κ2) is 9.36. The number of carbonyl (C=O) groups is 2. The molecule has 0 unspecified atom stereocenters. The van der Waals surface area contributed by atoms with Crippen molar-refractivity contribution in [2.24, 2.45) is 13.0 Å². The molecule has 2 heterocycles. The molecule has 1 N–H and O–H groups in total. The van der Waals surface area contributed by atoms with Crippen LogP contribution in [0, 0.1) is 11.7 Å². The lowest BCUT2D eigenvalue weighted by Gasteiger charge is -2.30. The quantitative estimate of drug-likeness (QED) is 0.591. The van der Waals surface area contributed by atoms with E-state index in [9.17, 15) is 14.0 Å². The van der Waals surface area contributed by atoms with E-state index >= 15 is 0 Å². The number of carbonyl (C=O) groups excluding carboxylic acids is 2. The molecule has 0 bridgehead atoms. The van der Waals surface area contributed by atoms with Gasteiger partial charge in [-0.25, -0.2) is 4.39 Å². The standard InChI is InChI=1S/C25H28FN3O2S/c1-16(2)12-13-27-24(31)23-22-19-6-4-5-7-20(19)28(3)25(22)32-15-21(30)29(23)14-17-8-10-18(26)11-9-17/h4-11,16,23H,12-15H2,1-3H3,(H,27,31)/t23-/m1/s1. The van der Waals surface area contributed by atoms with Gasteiger partial charge in [0.2, 0.25) is 11.8 Å². The van der Waals surface area contributed by atoms with Gasteiger partial charge in [0, 0.05) is 36.6 Å². The highest BCUT2D eigenvalue weighted by atomic mass is 32.2. The lowest BCUT2D eigenvalue weighted by molar-refractivity contribution is -0.139. The van der Waals surface area contributed by atoms with Crippen molar-refractivity contribution in [3.63, 3.8) is 0 Å². The number of benzene rings is 2. The summed E-state index contributed by atoms with van der Waals surface area (Å²) in [6, 6.07) is 13.3. The molecule has 1 aliphatic rings. The fourth-order valence-electron chi connectivity index (χ4n) is 4.17. The van der Waals surface area contributed by atoms with E-state index in [0.29, 0.717) is 12.5 Å². The first-order chi connectivity index (χ1) is 15.4. The number of fused-ring (bicyclic) bond motifs is 3. The van der Waals surface area contributed by atoms with Gasteiger partial charge in [-0.15, -0.1) is 0 Å². The molecule has 0 aliphatic carbocycles. The number of aromatic nitrogens is 1. The van der Waals surface area contributed by atoms with Gasteiger partial charge in [0.25, 0.3) is 0 Å². The SMILES string of the molecule is CC(C)CCNC(=O)[C@H]1c2c(n(C)c3ccccc23)SCC(=O)N1Cc1ccc(F)cc1. The molecule has 32 heavy (non-hydrogen) atoms. The summed E-state index contributed by atoms with van der Waals surface area (Å²) in [7, 11) is 1.97. The number of nitrogens with one attached hydrogen (secondary N) is 1. The molecule has 5 nitrogen and oxygen atoms in total. The maximum absolute atomic E-state index is 13.6. The molecule has 1 atom stereocenters. The number of hydrogen-bond donors (Lipinski definition) is 1. The van der Waals surface area contributed by atoms with Gasteiger partial charge >= 0.3 is 0 Å². The topological polar surface area (TPSA) is 54.3 Å². The first-order valence-electron chi connectivity index (χ1n) is 10.9. The van der Waals surface area contributed by atoms with Crippen molar-refractivity contribution in [2.45, 2.75) is 37.9 Å². The van der Waals surface area contributed by atoms with E-state index in [1.54, 1.807) is 17.0 Å². The lowest BCUT2D eigenvalue weighted by atomic mass is 10.0. The van der Waals surface area contributed by atoms with Gasteiger partial charge in [-0.3, -0.25) is 9.59 Å². The van der Waals surface area contributed by atoms with Gasteiger partial charge in [-0.2, -0.15) is 0 Å². The van der Waals surface area contributed by atoms with E-state index in [-0.39, 0.29) is 29.9 Å². The normalized spacial score (nSPS) is 16.3. The molecular weight excluding hydrogens is 425 g/mol. The Hall–Kier alpha value is -2.80. The van der Waals surface area contributed by atoms with Crippen LogP contribution >= 0.6 is 11.8 Å². The average Bonchev–Trinajstić information content (AvgIpc) is 2.95. The number of amides is 2. The fourth-order valence-corrected chi connectivity index (χ4v) is 5.27. The van der Waals surface area contributed by atoms with Crippen LogP contribution in [0.4, 0.5) is 4.39 Å². The van der Waals surface area contributed by atoms with Crippen LogP contribution in [0.15, 0.2) is 53.6 Å². The van der Waals surface area contributed by atoms with Crippen molar-refractivity contribution in [3.8, 4) is 0 Å². The van der Waals surface area contributed by atoms with E-state index in [1.165, 1.54) is 23.9 Å². The summed E-state index contributed by atoms with van der Waals surface area (Å²) in [6.07, 6.45) is 0.863. The lowest BCUT2D eigenvalue weighted by Crippen LogP contribution is -2.43. The third-order valence-electron chi connectivity index (χ3n) is 5.86. The molecule has 0 fully saturated rings. The maximum atomic E-state index is 13.6. The van der Waals surface area contributed by atoms with Gasteiger partial charge in [0.05, 0.1) is 10.8 Å². The second-order valence-corrected chi connectivity index (χ2v) is 9.57. The van der Waals surface area contributed by atoms with Crippen LogP contribution in [0.5, 0.6) is 0 Å². The summed E-state index contributed by atoms with van der Waals surface area (Å²) in [5.41, 5.74) is 2.68. The van der Waals surface area contributed by atoms with E-state index in [2.05, 4.69) is 23.7 Å². The molecule has 0 spiro atoms. The molecule has 4 rings (SSSR count). The number of rotatable bonds is 6. The predicted molar refractivity (Wildman–Crippen MR) is 126 cm³/mol. The molecule has 168 valence electrons. The van der Waals surface area contributed by atoms with Crippen molar-refractivity contribution >= 4 is 34.5 Å². The Labute approximate surface area is 192 Å². The van der Waals surface area contributed by atoms with Gasteiger partial charge in [0.15, 0.2) is 0 Å². The number of thioether (sulfide) groups is 1. The Morgan fingerprint density at radius 3 is 2.62 bits per heavy atom. The Morgan fingerprint density at radius 1 is 1.19 bits per heavy atom. The third kappa shape index (κ3) is 4.39. The zero-order valence-corrected chi connectivity index (χ0v) is 19.4. The van der Waals surface area contributed by atoms with Crippen LogP contribution in [-0.4, -0.2) is 33.6 Å². The first kappa shape index (κ1) is 22.4. The van der Waals surface area contributed by atoms with Gasteiger partial charge in [-0.05, 0) is 36.1 Å². The van der Waals surface area contributed by atoms with Crippen molar-refractivity contribution < 1.29 is 14.0 Å². The van der Waals surface area contributed by atoms with E-state index in [1.807, 2.05) is 31.3 Å². The Bertz CT molecular complexity index is 1140. The minimum Gasteiger partial charge on any atom is -0.354 e. The monoisotopic (exact) mass is 453 g/mol. The molecule has 2 amide bonds. The number of halogens is 1. The van der Waals surface area contributed by atoms with Crippen LogP contribution in [0.25, 0.3) is 10.9 Å². The summed E-state index contributed by atoms with van der Waals surface area (Å²) in [5, 5.41) is 4.97. The average molecular weight is 454 g/mol. The summed E-state index contributed by atoms with van der Waals surface area (Å²) in [4.78, 5) is 28.4. The minimum atomic E-state index is -0.754. The molecule has 0 radical (unpaired) electrons. The van der Waals surface area contributed by atoms with Crippen LogP contribution in [-0.2, 0) is 23.2 Å². The fraction of sp³-hybridized carbons (Fsp3) is 0.360. The van der Waals surface area contributed by atoms with Crippen molar-refractivity contribution in [3.05, 3.63) is 65.5 Å². The number of para-hydroxylation sites is 1. The molecule has 7 heteroatoms. The van der Waals surface area contributed by atoms with Crippen LogP contribution in [0.1, 0.15) is 37.4 Å². The summed E-state index contributed by atoms with van der Waals surface area (Å²) < 4.78 is 15.5. The molecule has 1 aromatic heterocycles. The minimum absolute atomic E-state index is 0.108. The molecule has 1 aliphatic heterocycles. The van der Waals surface area contributed by atoms with E-state index < -0.39 is 6.04 Å². The second-order valence-electron chi connectivity index (χ2n) is 8.61. The summed E-state index contributed by atoms with van der Waals surface area (Å²) >= 11 is 1.47. The molecule has 2 aromatic carbocycles. The summed E-state index contributed by atoms with van der Waals surface area (Å²) in [6.45, 7) is 5.02. The Morgan fingerprint density at radius 2 is 1.91 bits per heavy atom. The van der Waals surface area contributed by atoms with Gasteiger partial charge < -0.3 is 14.8 Å². The van der Waals surface area contributed by atoms with Crippen LogP contribution in [0.2, 0.25) is 0 Å². The molecule has 0 saturated heterocycles. The number of hydrogen-bond acceptors (Lipinski definition) is 3. The van der Waals surface area contributed by atoms with E-state index in [0.717, 1.165) is 33.5 Å². The largest absolute Gasteiger partial charge is 0.354 e. The number of aryl methyl sites for hydroxylation is 1. The summed E-state index contributed by atoms with van der Waals surface area (Å²) in [5.74, 6) is 0.0921. The highest BCUT2D eigenvalue weighted by molar-refractivity contribution is 8.00. The number of nitrogens with zero attached hydrogens (tertiary/aromatic N) is 2. The predicted octanol–water partition coefficient (Wildman–Crippen LogP) is 4.66. The zero-order valence-electron chi connectivity index (χ0n) is 18.6. The third-order valence-corrected chi connectivity index (χ3v) is 7.02. The van der Waals surface area contributed by atoms with Crippen LogP contribution in [0.3, 0.4) is 0 Å². The van der Waals surface area contributed by atoms with Crippen molar-refractivity contribution in [1.82, 2.24) is 14.8 Å². The van der Waals surface area contributed by atoms with Crippen molar-refractivity contribution in [2.75, 3.05) is 12.3 Å². The zero-order chi connectivity index (χ0) is 22.8. The Balaban J connectivity index is 1.80. The first-order valence-corrected chi connectivity index (χ1v) is 11.9. The van der Waals surface area contributed by atoms with E-state index in [4.69, 9.17) is 0 Å². The molecule has 0 saturated carbocycles. The molecular formula is C25H28FN3O2S. The maximum Gasteiger partial charge on any atom is 0.247 e. The molecule has 3 aromatic rings. The van der Waals surface area contributed by atoms with Crippen LogP contribution < -0.4 is 5.32 Å². The van der Waals surface area contributed by atoms with Gasteiger partial charge in [-0.1, -0.05) is 55.9 Å². The Kier molecular flexibility index (Phi) is 6.55. The highest BCUT2D eigenvalue weighted by Crippen LogP contribution is 2.42.